The smallest absolute Gasteiger partial charge is 0.310 e. The van der Waals surface area contributed by atoms with Gasteiger partial charge in [-0.1, -0.05) is 47.5 Å². The highest BCUT2D eigenvalue weighted by Crippen LogP contribution is 2.20. The van der Waals surface area contributed by atoms with E-state index in [0.29, 0.717) is 18.1 Å². The molecule has 27 heavy (non-hydrogen) atoms. The zero-order valence-corrected chi connectivity index (χ0v) is 16.1. The van der Waals surface area contributed by atoms with E-state index in [9.17, 15) is 9.59 Å². The van der Waals surface area contributed by atoms with E-state index in [1.165, 1.54) is 0 Å². The number of aryl methyl sites for hydroxylation is 1. The number of hydrogen-bond acceptors (Lipinski definition) is 4. The van der Waals surface area contributed by atoms with Gasteiger partial charge in [0.05, 0.1) is 6.42 Å². The van der Waals surface area contributed by atoms with Crippen LogP contribution in [0.5, 0.6) is 0 Å². The Bertz CT molecular complexity index is 799. The first kappa shape index (κ1) is 19.2. The Morgan fingerprint density at radius 2 is 1.74 bits per heavy atom. The monoisotopic (exact) mass is 386 g/mol. The fourth-order valence-corrected chi connectivity index (χ4v) is 3.23. The summed E-state index contributed by atoms with van der Waals surface area (Å²) < 4.78 is 5.16. The number of rotatable bonds is 5. The zero-order chi connectivity index (χ0) is 19.2. The van der Waals surface area contributed by atoms with Crippen LogP contribution in [0.3, 0.4) is 0 Å². The fourth-order valence-electron chi connectivity index (χ4n) is 3.04. The predicted molar refractivity (Wildman–Crippen MR) is 106 cm³/mol. The molecule has 0 unspecified atom stereocenters. The van der Waals surface area contributed by atoms with E-state index in [0.717, 1.165) is 29.9 Å². The maximum atomic E-state index is 12.3. The molecule has 0 radical (unpaired) electrons. The molecule has 5 nitrogen and oxygen atoms in total. The number of esters is 1. The van der Waals surface area contributed by atoms with Gasteiger partial charge in [-0.25, -0.2) is 0 Å². The van der Waals surface area contributed by atoms with Gasteiger partial charge in [-0.15, -0.1) is 0 Å². The molecule has 1 saturated heterocycles. The van der Waals surface area contributed by atoms with E-state index >= 15 is 0 Å². The first-order valence-electron chi connectivity index (χ1n) is 9.01. The molecule has 0 saturated carbocycles. The average molecular weight is 387 g/mol. The third-order valence-corrected chi connectivity index (χ3v) is 4.87. The van der Waals surface area contributed by atoms with Gasteiger partial charge in [-0.05, 0) is 30.7 Å². The van der Waals surface area contributed by atoms with Crippen molar-refractivity contribution in [2.45, 2.75) is 13.3 Å². The third kappa shape index (κ3) is 5.47. The summed E-state index contributed by atoms with van der Waals surface area (Å²) in [6, 6.07) is 15.4. The lowest BCUT2D eigenvalue weighted by Crippen LogP contribution is -2.50. The molecule has 6 heteroatoms. The molecule has 0 aliphatic carbocycles. The summed E-state index contributed by atoms with van der Waals surface area (Å²) in [5.41, 5.74) is 3.08. The second-order valence-corrected chi connectivity index (χ2v) is 7.11. The maximum Gasteiger partial charge on any atom is 0.310 e. The number of carbonyl (C=O) groups is 2. The van der Waals surface area contributed by atoms with Crippen molar-refractivity contribution in [1.29, 1.82) is 0 Å². The van der Waals surface area contributed by atoms with E-state index < -0.39 is 0 Å². The molecule has 3 rings (SSSR count). The van der Waals surface area contributed by atoms with Crippen molar-refractivity contribution >= 4 is 29.2 Å². The molecular weight excluding hydrogens is 364 g/mol. The molecule has 2 aromatic rings. The van der Waals surface area contributed by atoms with Crippen LogP contribution in [0.15, 0.2) is 48.5 Å². The van der Waals surface area contributed by atoms with Crippen molar-refractivity contribution in [2.24, 2.45) is 0 Å². The van der Waals surface area contributed by atoms with Crippen molar-refractivity contribution in [3.05, 3.63) is 64.7 Å². The molecule has 2 aromatic carbocycles. The van der Waals surface area contributed by atoms with Crippen LogP contribution in [-0.4, -0.2) is 49.6 Å². The van der Waals surface area contributed by atoms with Gasteiger partial charge in [0, 0.05) is 36.9 Å². The van der Waals surface area contributed by atoms with Crippen LogP contribution in [0.25, 0.3) is 0 Å². The standard InChI is InChI=1S/C21H23ClN2O3/c1-16-5-7-17(8-6-16)13-21(26)27-15-20(25)24-11-9-23(10-12-24)19-4-2-3-18(22)14-19/h2-8,14H,9-13,15H2,1H3. The number of halogens is 1. The van der Waals surface area contributed by atoms with Crippen LogP contribution in [0.1, 0.15) is 11.1 Å². The Labute approximate surface area is 164 Å². The second kappa shape index (κ2) is 8.91. The molecule has 1 aliphatic rings. The van der Waals surface area contributed by atoms with Gasteiger partial charge in [0.25, 0.3) is 5.91 Å². The minimum Gasteiger partial charge on any atom is -0.455 e. The Kier molecular flexibility index (Phi) is 6.35. The zero-order valence-electron chi connectivity index (χ0n) is 15.4. The van der Waals surface area contributed by atoms with Gasteiger partial charge < -0.3 is 14.5 Å². The minimum atomic E-state index is -0.384. The maximum absolute atomic E-state index is 12.3. The van der Waals surface area contributed by atoms with E-state index in [1.54, 1.807) is 4.90 Å². The molecular formula is C21H23ClN2O3. The van der Waals surface area contributed by atoms with Crippen LogP contribution in [0.4, 0.5) is 5.69 Å². The molecule has 0 atom stereocenters. The summed E-state index contributed by atoms with van der Waals surface area (Å²) in [6.45, 7) is 4.43. The third-order valence-electron chi connectivity index (χ3n) is 4.63. The van der Waals surface area contributed by atoms with E-state index in [-0.39, 0.29) is 24.9 Å². The van der Waals surface area contributed by atoms with Gasteiger partial charge in [0.1, 0.15) is 0 Å². The first-order chi connectivity index (χ1) is 13.0. The Hall–Kier alpha value is -2.53. The van der Waals surface area contributed by atoms with Gasteiger partial charge in [-0.3, -0.25) is 9.59 Å². The number of benzene rings is 2. The summed E-state index contributed by atoms with van der Waals surface area (Å²) in [7, 11) is 0. The molecule has 142 valence electrons. The Morgan fingerprint density at radius 1 is 1.04 bits per heavy atom. The lowest BCUT2D eigenvalue weighted by atomic mass is 10.1. The van der Waals surface area contributed by atoms with Crippen LogP contribution >= 0.6 is 11.6 Å². The molecule has 0 spiro atoms. The number of nitrogens with zero attached hydrogens (tertiary/aromatic N) is 2. The van der Waals surface area contributed by atoms with E-state index in [2.05, 4.69) is 4.90 Å². The number of piperazine rings is 1. The largest absolute Gasteiger partial charge is 0.455 e. The Balaban J connectivity index is 1.42. The normalized spacial score (nSPS) is 14.1. The van der Waals surface area contributed by atoms with Crippen molar-refractivity contribution in [2.75, 3.05) is 37.7 Å². The summed E-state index contributed by atoms with van der Waals surface area (Å²) in [5, 5.41) is 0.700. The molecule has 1 fully saturated rings. The van der Waals surface area contributed by atoms with Crippen molar-refractivity contribution in [3.63, 3.8) is 0 Å². The highest BCUT2D eigenvalue weighted by molar-refractivity contribution is 6.30. The molecule has 0 bridgehead atoms. The number of carbonyl (C=O) groups excluding carboxylic acids is 2. The fraction of sp³-hybridized carbons (Fsp3) is 0.333. The molecule has 1 amide bonds. The van der Waals surface area contributed by atoms with Gasteiger partial charge in [0.15, 0.2) is 6.61 Å². The summed E-state index contributed by atoms with van der Waals surface area (Å²) in [5.74, 6) is -0.539. The molecule has 1 heterocycles. The number of amides is 1. The van der Waals surface area contributed by atoms with Crippen LogP contribution in [0.2, 0.25) is 5.02 Å². The topological polar surface area (TPSA) is 49.9 Å². The lowest BCUT2D eigenvalue weighted by Gasteiger charge is -2.36. The number of anilines is 1. The summed E-state index contributed by atoms with van der Waals surface area (Å²) in [6.07, 6.45) is 0.177. The first-order valence-corrected chi connectivity index (χ1v) is 9.38. The van der Waals surface area contributed by atoms with E-state index in [1.807, 2.05) is 55.5 Å². The van der Waals surface area contributed by atoms with Crippen molar-refractivity contribution in [3.8, 4) is 0 Å². The highest BCUT2D eigenvalue weighted by Gasteiger charge is 2.22. The van der Waals surface area contributed by atoms with E-state index in [4.69, 9.17) is 16.3 Å². The molecule has 0 N–H and O–H groups in total. The quantitative estimate of drug-likeness (QED) is 0.741. The lowest BCUT2D eigenvalue weighted by molar-refractivity contribution is -0.151. The molecule has 1 aliphatic heterocycles. The summed E-state index contributed by atoms with van der Waals surface area (Å²) in [4.78, 5) is 28.2. The number of hydrogen-bond donors (Lipinski definition) is 0. The SMILES string of the molecule is Cc1ccc(CC(=O)OCC(=O)N2CCN(c3cccc(Cl)c3)CC2)cc1. The van der Waals surface area contributed by atoms with Crippen LogP contribution in [-0.2, 0) is 20.7 Å². The molecule has 0 aromatic heterocycles. The second-order valence-electron chi connectivity index (χ2n) is 6.67. The van der Waals surface area contributed by atoms with Gasteiger partial charge in [-0.2, -0.15) is 0 Å². The Morgan fingerprint density at radius 3 is 2.41 bits per heavy atom. The number of ether oxygens (including phenoxy) is 1. The minimum absolute atomic E-state index is 0.155. The van der Waals surface area contributed by atoms with Crippen LogP contribution < -0.4 is 4.90 Å². The highest BCUT2D eigenvalue weighted by atomic mass is 35.5. The predicted octanol–water partition coefficient (Wildman–Crippen LogP) is 3.08. The van der Waals surface area contributed by atoms with Gasteiger partial charge in [0.2, 0.25) is 0 Å². The summed E-state index contributed by atoms with van der Waals surface area (Å²) >= 11 is 6.04. The van der Waals surface area contributed by atoms with Crippen molar-refractivity contribution < 1.29 is 14.3 Å². The van der Waals surface area contributed by atoms with Crippen molar-refractivity contribution in [1.82, 2.24) is 4.90 Å². The van der Waals surface area contributed by atoms with Crippen LogP contribution in [0, 0.1) is 6.92 Å². The van der Waals surface area contributed by atoms with Gasteiger partial charge >= 0.3 is 5.97 Å². The average Bonchev–Trinajstić information content (AvgIpc) is 2.68.